The summed E-state index contributed by atoms with van der Waals surface area (Å²) in [6, 6.07) is 0. The molecule has 0 aromatic rings. The van der Waals surface area contributed by atoms with Crippen LogP contribution in [0, 0.1) is 47.3 Å². The summed E-state index contributed by atoms with van der Waals surface area (Å²) in [4.78, 5) is 49.8. The molecule has 2 fully saturated rings. The fourth-order valence-corrected chi connectivity index (χ4v) is 5.46. The number of carboxylic acids is 2. The van der Waals surface area contributed by atoms with Crippen LogP contribution >= 0.6 is 0 Å². The van der Waals surface area contributed by atoms with Gasteiger partial charge in [-0.25, -0.2) is 0 Å². The van der Waals surface area contributed by atoms with E-state index in [1.165, 1.54) is 0 Å². The first-order chi connectivity index (χ1) is 16.7. The van der Waals surface area contributed by atoms with Crippen LogP contribution in [0.25, 0.3) is 0 Å². The number of carbonyl (C=O) groups is 4. The Morgan fingerprint density at radius 2 is 0.861 bits per heavy atom. The van der Waals surface area contributed by atoms with E-state index in [0.717, 1.165) is 0 Å². The lowest BCUT2D eigenvalue weighted by Crippen LogP contribution is -2.43. The molecule has 2 N–H and O–H groups in total. The normalized spacial score (nSPS) is 27.1. The summed E-state index contributed by atoms with van der Waals surface area (Å²) < 4.78 is 23.0. The number of aliphatic carboxylic acids is 2. The van der Waals surface area contributed by atoms with Gasteiger partial charge in [-0.05, 0) is 23.7 Å². The van der Waals surface area contributed by atoms with Gasteiger partial charge < -0.3 is 29.2 Å². The second-order valence-corrected chi connectivity index (χ2v) is 11.3. The number of ether oxygens (including phenoxy) is 4. The maximum absolute atomic E-state index is 13.1. The number of fused-ring (bicyclic) bond motifs is 1. The zero-order valence-corrected chi connectivity index (χ0v) is 22.5. The molecule has 8 atom stereocenters. The van der Waals surface area contributed by atoms with E-state index in [1.54, 1.807) is 55.4 Å². The van der Waals surface area contributed by atoms with E-state index in [0.29, 0.717) is 0 Å². The average Bonchev–Trinajstić information content (AvgIpc) is 3.31. The molecule has 0 spiro atoms. The van der Waals surface area contributed by atoms with Crippen LogP contribution in [0.4, 0.5) is 0 Å². The van der Waals surface area contributed by atoms with Crippen LogP contribution in [0.3, 0.4) is 0 Å². The van der Waals surface area contributed by atoms with Gasteiger partial charge in [0.1, 0.15) is 12.2 Å². The standard InChI is InChI=1S/C26H42O10/c1-11(2)17(23(27)28)19(13(5)6)25(31)35-15-9-33-22-16(10-34-21(15)22)36-26(32)20(14(7)8)18(12(3)4)24(29)30/h11-22H,9-10H2,1-8H3,(H,27,28)(H,29,30)/t15?,16?,17?,18?,19?,20?,21-,22-/m1/s1. The number of esters is 2. The van der Waals surface area contributed by atoms with Crippen molar-refractivity contribution >= 4 is 23.9 Å². The van der Waals surface area contributed by atoms with Crippen molar-refractivity contribution in [3.8, 4) is 0 Å². The lowest BCUT2D eigenvalue weighted by Gasteiger charge is -2.30. The predicted molar refractivity (Wildman–Crippen MR) is 128 cm³/mol. The van der Waals surface area contributed by atoms with Gasteiger partial charge in [0, 0.05) is 0 Å². The van der Waals surface area contributed by atoms with Gasteiger partial charge in [0.25, 0.3) is 0 Å². The lowest BCUT2D eigenvalue weighted by atomic mass is 9.77. The van der Waals surface area contributed by atoms with Gasteiger partial charge in [-0.2, -0.15) is 0 Å². The molecule has 2 aliphatic heterocycles. The maximum Gasteiger partial charge on any atom is 0.310 e. The molecule has 36 heavy (non-hydrogen) atoms. The predicted octanol–water partition coefficient (Wildman–Crippen LogP) is 2.87. The molecule has 10 nitrogen and oxygen atoms in total. The van der Waals surface area contributed by atoms with Gasteiger partial charge >= 0.3 is 23.9 Å². The molecule has 2 saturated heterocycles. The molecule has 206 valence electrons. The maximum atomic E-state index is 13.1. The van der Waals surface area contributed by atoms with Crippen LogP contribution in [0.15, 0.2) is 0 Å². The smallest absolute Gasteiger partial charge is 0.310 e. The molecule has 0 aromatic heterocycles. The molecule has 2 heterocycles. The highest BCUT2D eigenvalue weighted by atomic mass is 16.7. The van der Waals surface area contributed by atoms with Crippen molar-refractivity contribution in [2.24, 2.45) is 47.3 Å². The number of carbonyl (C=O) groups excluding carboxylic acids is 2. The minimum Gasteiger partial charge on any atom is -0.481 e. The topological polar surface area (TPSA) is 146 Å². The molecular formula is C26H42O10. The molecule has 0 saturated carbocycles. The van der Waals surface area contributed by atoms with Gasteiger partial charge in [-0.1, -0.05) is 55.4 Å². The van der Waals surface area contributed by atoms with Crippen LogP contribution in [-0.2, 0) is 38.1 Å². The third-order valence-electron chi connectivity index (χ3n) is 7.26. The fourth-order valence-electron chi connectivity index (χ4n) is 5.46. The van der Waals surface area contributed by atoms with Crippen molar-refractivity contribution in [1.29, 1.82) is 0 Å². The van der Waals surface area contributed by atoms with Crippen LogP contribution in [0.5, 0.6) is 0 Å². The first-order valence-corrected chi connectivity index (χ1v) is 12.8. The summed E-state index contributed by atoms with van der Waals surface area (Å²) in [7, 11) is 0. The second-order valence-electron chi connectivity index (χ2n) is 11.3. The van der Waals surface area contributed by atoms with Gasteiger partial charge in [-0.3, -0.25) is 19.2 Å². The molecular weight excluding hydrogens is 472 g/mol. The highest BCUT2D eigenvalue weighted by Gasteiger charge is 2.53. The number of hydrogen-bond donors (Lipinski definition) is 2. The van der Waals surface area contributed by atoms with E-state index >= 15 is 0 Å². The van der Waals surface area contributed by atoms with Crippen molar-refractivity contribution in [3.63, 3.8) is 0 Å². The zero-order valence-electron chi connectivity index (χ0n) is 22.5. The van der Waals surface area contributed by atoms with Crippen LogP contribution in [0.1, 0.15) is 55.4 Å². The summed E-state index contributed by atoms with van der Waals surface area (Å²) >= 11 is 0. The Balaban J connectivity index is 2.10. The van der Waals surface area contributed by atoms with Gasteiger partial charge in [0.2, 0.25) is 0 Å². The largest absolute Gasteiger partial charge is 0.481 e. The van der Waals surface area contributed by atoms with E-state index in [2.05, 4.69) is 0 Å². The summed E-state index contributed by atoms with van der Waals surface area (Å²) in [6.07, 6.45) is -2.87. The second kappa shape index (κ2) is 12.4. The molecule has 2 rings (SSSR count). The average molecular weight is 515 g/mol. The van der Waals surface area contributed by atoms with Crippen molar-refractivity contribution in [2.75, 3.05) is 13.2 Å². The fraction of sp³-hybridized carbons (Fsp3) is 0.846. The molecule has 0 aliphatic carbocycles. The van der Waals surface area contributed by atoms with E-state index in [4.69, 9.17) is 18.9 Å². The number of hydrogen-bond acceptors (Lipinski definition) is 8. The third kappa shape index (κ3) is 6.56. The highest BCUT2D eigenvalue weighted by Crippen LogP contribution is 2.36. The quantitative estimate of drug-likeness (QED) is 0.373. The first kappa shape index (κ1) is 30.0. The summed E-state index contributed by atoms with van der Waals surface area (Å²) in [5.41, 5.74) is 0. The van der Waals surface area contributed by atoms with E-state index in [1.807, 2.05) is 0 Å². The SMILES string of the molecule is CC(C)C(C(=O)O)C(C(=O)OC1CO[C@@H]2C(OC(=O)C(C(C)C)C(C(=O)O)C(C)C)CO[C@H]12)C(C)C. The van der Waals surface area contributed by atoms with E-state index in [-0.39, 0.29) is 36.9 Å². The Morgan fingerprint density at radius 1 is 0.583 bits per heavy atom. The monoisotopic (exact) mass is 514 g/mol. The molecule has 10 heteroatoms. The van der Waals surface area contributed by atoms with Crippen LogP contribution < -0.4 is 0 Å². The number of carboxylic acid groups (broad SMARTS) is 2. The molecule has 0 amide bonds. The van der Waals surface area contributed by atoms with Crippen LogP contribution in [-0.4, -0.2) is 71.7 Å². The Kier molecular flexibility index (Phi) is 10.3. The Morgan fingerprint density at radius 3 is 1.08 bits per heavy atom. The van der Waals surface area contributed by atoms with Gasteiger partial charge in [0.15, 0.2) is 12.2 Å². The lowest BCUT2D eigenvalue weighted by molar-refractivity contribution is -0.170. The van der Waals surface area contributed by atoms with Crippen molar-refractivity contribution in [1.82, 2.24) is 0 Å². The Bertz CT molecular complexity index is 739. The Hall–Kier alpha value is -2.20. The van der Waals surface area contributed by atoms with E-state index < -0.39 is 72.0 Å². The number of rotatable bonds is 12. The summed E-state index contributed by atoms with van der Waals surface area (Å²) in [5.74, 6) is -7.86. The molecule has 0 radical (unpaired) electrons. The van der Waals surface area contributed by atoms with E-state index in [9.17, 15) is 29.4 Å². The molecule has 0 bridgehead atoms. The van der Waals surface area contributed by atoms with Crippen molar-refractivity contribution < 1.29 is 48.3 Å². The molecule has 2 aliphatic rings. The molecule has 6 unspecified atom stereocenters. The van der Waals surface area contributed by atoms with Gasteiger partial charge in [-0.15, -0.1) is 0 Å². The Labute approximate surface area is 213 Å². The van der Waals surface area contributed by atoms with Crippen LogP contribution in [0.2, 0.25) is 0 Å². The summed E-state index contributed by atoms with van der Waals surface area (Å²) in [5, 5.41) is 19.4. The molecule has 0 aromatic carbocycles. The minimum atomic E-state index is -1.05. The van der Waals surface area contributed by atoms with Crippen molar-refractivity contribution in [3.05, 3.63) is 0 Å². The van der Waals surface area contributed by atoms with Gasteiger partial charge in [0.05, 0.1) is 36.9 Å². The zero-order chi connectivity index (χ0) is 27.5. The first-order valence-electron chi connectivity index (χ1n) is 12.8. The third-order valence-corrected chi connectivity index (χ3v) is 7.26. The van der Waals surface area contributed by atoms with Crippen molar-refractivity contribution in [2.45, 2.75) is 79.8 Å². The highest BCUT2D eigenvalue weighted by molar-refractivity contribution is 5.82. The minimum absolute atomic E-state index is 0.0245. The summed E-state index contributed by atoms with van der Waals surface area (Å²) in [6.45, 7) is 14.2.